The molecule has 0 heterocycles. The topological polar surface area (TPSA) is 38.3 Å². The highest BCUT2D eigenvalue weighted by atomic mass is 32.2. The fourth-order valence-electron chi connectivity index (χ4n) is 2.54. The van der Waals surface area contributed by atoms with E-state index in [1.54, 1.807) is 24.3 Å². The number of rotatable bonds is 9. The Balaban J connectivity index is 1.36. The van der Waals surface area contributed by atoms with Crippen LogP contribution in [0.4, 0.5) is 8.78 Å². The van der Waals surface area contributed by atoms with Crippen molar-refractivity contribution in [1.29, 1.82) is 0 Å². The molecule has 3 nitrogen and oxygen atoms in total. The Bertz CT molecular complexity index is 913. The van der Waals surface area contributed by atoms with Gasteiger partial charge in [-0.15, -0.1) is 11.8 Å². The number of carbonyl (C=O) groups is 1. The minimum absolute atomic E-state index is 0.0475. The number of nitrogens with one attached hydrogen (secondary N) is 1. The van der Waals surface area contributed by atoms with Gasteiger partial charge in [-0.1, -0.05) is 36.4 Å². The summed E-state index contributed by atoms with van der Waals surface area (Å²) < 4.78 is 31.4. The van der Waals surface area contributed by atoms with Crippen molar-refractivity contribution < 1.29 is 18.3 Å². The molecular formula is C23H21F2NO2S. The van der Waals surface area contributed by atoms with E-state index in [2.05, 4.69) is 5.32 Å². The van der Waals surface area contributed by atoms with Gasteiger partial charge in [0.25, 0.3) is 0 Å². The summed E-state index contributed by atoms with van der Waals surface area (Å²) in [6, 6.07) is 19.9. The van der Waals surface area contributed by atoms with Crippen molar-refractivity contribution in [3.8, 4) is 5.75 Å². The lowest BCUT2D eigenvalue weighted by Crippen LogP contribution is -2.24. The van der Waals surface area contributed by atoms with Crippen LogP contribution in [-0.2, 0) is 23.7 Å². The normalized spacial score (nSPS) is 10.6. The van der Waals surface area contributed by atoms with Crippen LogP contribution in [0.3, 0.4) is 0 Å². The molecule has 0 atom stereocenters. The monoisotopic (exact) mass is 413 g/mol. The highest BCUT2D eigenvalue weighted by Gasteiger charge is 2.03. The zero-order chi connectivity index (χ0) is 20.5. The summed E-state index contributed by atoms with van der Waals surface area (Å²) in [6.07, 6.45) is 0. The number of amides is 1. The number of carbonyl (C=O) groups excluding carboxylic acids is 1. The Kier molecular flexibility index (Phi) is 7.64. The van der Waals surface area contributed by atoms with E-state index in [1.807, 2.05) is 24.3 Å². The predicted octanol–water partition coefficient (Wildman–Crippen LogP) is 5.09. The molecule has 0 aliphatic heterocycles. The van der Waals surface area contributed by atoms with Gasteiger partial charge >= 0.3 is 0 Å². The second-order valence-corrected chi connectivity index (χ2v) is 7.44. The minimum atomic E-state index is -0.269. The molecule has 0 aliphatic carbocycles. The fourth-order valence-corrected chi connectivity index (χ4v) is 3.36. The summed E-state index contributed by atoms with van der Waals surface area (Å²) in [5, 5.41) is 2.88. The van der Waals surface area contributed by atoms with Crippen LogP contribution in [0.15, 0.2) is 72.8 Å². The third-order valence-electron chi connectivity index (χ3n) is 4.15. The number of hydrogen-bond acceptors (Lipinski definition) is 3. The molecule has 0 saturated carbocycles. The summed E-state index contributed by atoms with van der Waals surface area (Å²) in [5.41, 5.74) is 2.84. The van der Waals surface area contributed by atoms with Crippen LogP contribution in [0.25, 0.3) is 0 Å². The quantitative estimate of drug-likeness (QED) is 0.531. The fraction of sp³-hybridized carbons (Fsp3) is 0.174. The molecule has 0 spiro atoms. The average molecular weight is 413 g/mol. The Hall–Kier alpha value is -2.86. The SMILES string of the molecule is O=C(CSCc1ccc(F)cc1)NCc1ccc(OCc2ccc(F)cc2)cc1. The van der Waals surface area contributed by atoms with Crippen LogP contribution in [0, 0.1) is 11.6 Å². The average Bonchev–Trinajstić information content (AvgIpc) is 2.74. The second-order valence-electron chi connectivity index (χ2n) is 6.46. The highest BCUT2D eigenvalue weighted by molar-refractivity contribution is 7.99. The Morgan fingerprint density at radius 2 is 1.34 bits per heavy atom. The van der Waals surface area contributed by atoms with E-state index in [4.69, 9.17) is 4.74 Å². The summed E-state index contributed by atoms with van der Waals surface area (Å²) in [7, 11) is 0. The van der Waals surface area contributed by atoms with Crippen LogP contribution in [0.5, 0.6) is 5.75 Å². The summed E-state index contributed by atoms with van der Waals surface area (Å²) >= 11 is 1.49. The van der Waals surface area contributed by atoms with Gasteiger partial charge in [-0.2, -0.15) is 0 Å². The molecule has 0 bridgehead atoms. The van der Waals surface area contributed by atoms with E-state index < -0.39 is 0 Å². The molecule has 0 unspecified atom stereocenters. The molecule has 3 rings (SSSR count). The molecule has 0 aliphatic rings. The summed E-state index contributed by atoms with van der Waals surface area (Å²) in [4.78, 5) is 12.0. The van der Waals surface area contributed by atoms with Gasteiger partial charge in [-0.05, 0) is 53.1 Å². The smallest absolute Gasteiger partial charge is 0.230 e. The molecule has 0 aromatic heterocycles. The third kappa shape index (κ3) is 7.23. The standard InChI is InChI=1S/C23H21F2NO2S/c24-20-7-1-18(2-8-20)14-28-22-11-5-17(6-12-22)13-26-23(27)16-29-15-19-3-9-21(25)10-4-19/h1-12H,13-16H2,(H,26,27). The number of halogens is 2. The van der Waals surface area contributed by atoms with Gasteiger partial charge in [-0.3, -0.25) is 4.79 Å². The van der Waals surface area contributed by atoms with Crippen molar-refractivity contribution in [3.63, 3.8) is 0 Å². The molecule has 3 aromatic rings. The van der Waals surface area contributed by atoms with Crippen molar-refractivity contribution in [2.24, 2.45) is 0 Å². The van der Waals surface area contributed by atoms with Crippen molar-refractivity contribution >= 4 is 17.7 Å². The molecule has 1 amide bonds. The first-order chi connectivity index (χ1) is 14.1. The van der Waals surface area contributed by atoms with Gasteiger partial charge < -0.3 is 10.1 Å². The molecule has 0 saturated heterocycles. The van der Waals surface area contributed by atoms with E-state index in [0.29, 0.717) is 30.4 Å². The zero-order valence-electron chi connectivity index (χ0n) is 15.7. The van der Waals surface area contributed by atoms with Gasteiger partial charge in [-0.25, -0.2) is 8.78 Å². The molecule has 3 aromatic carbocycles. The van der Waals surface area contributed by atoms with Gasteiger partial charge in [0.05, 0.1) is 5.75 Å². The molecule has 150 valence electrons. The lowest BCUT2D eigenvalue weighted by atomic mass is 10.2. The van der Waals surface area contributed by atoms with E-state index >= 15 is 0 Å². The zero-order valence-corrected chi connectivity index (χ0v) is 16.6. The molecular weight excluding hydrogens is 392 g/mol. The first-order valence-electron chi connectivity index (χ1n) is 9.13. The first-order valence-corrected chi connectivity index (χ1v) is 10.3. The van der Waals surface area contributed by atoms with E-state index in [9.17, 15) is 13.6 Å². The van der Waals surface area contributed by atoms with Crippen molar-refractivity contribution in [2.45, 2.75) is 18.9 Å². The first kappa shape index (κ1) is 20.9. The lowest BCUT2D eigenvalue weighted by molar-refractivity contribution is -0.118. The molecule has 29 heavy (non-hydrogen) atoms. The second kappa shape index (κ2) is 10.6. The van der Waals surface area contributed by atoms with Crippen LogP contribution < -0.4 is 10.1 Å². The van der Waals surface area contributed by atoms with Crippen LogP contribution in [-0.4, -0.2) is 11.7 Å². The molecule has 6 heteroatoms. The Morgan fingerprint density at radius 3 is 1.97 bits per heavy atom. The highest BCUT2D eigenvalue weighted by Crippen LogP contribution is 2.15. The summed E-state index contributed by atoms with van der Waals surface area (Å²) in [5.74, 6) is 1.13. The number of hydrogen-bond donors (Lipinski definition) is 1. The molecule has 0 radical (unpaired) electrons. The number of benzene rings is 3. The van der Waals surface area contributed by atoms with Crippen LogP contribution in [0.1, 0.15) is 16.7 Å². The van der Waals surface area contributed by atoms with Crippen molar-refractivity contribution in [1.82, 2.24) is 5.32 Å². The maximum absolute atomic E-state index is 12.9. The van der Waals surface area contributed by atoms with E-state index in [-0.39, 0.29) is 17.5 Å². The minimum Gasteiger partial charge on any atom is -0.489 e. The maximum atomic E-state index is 12.9. The van der Waals surface area contributed by atoms with Crippen LogP contribution >= 0.6 is 11.8 Å². The Labute approximate surface area is 173 Å². The van der Waals surface area contributed by atoms with Crippen LogP contribution in [0.2, 0.25) is 0 Å². The number of thioether (sulfide) groups is 1. The Morgan fingerprint density at radius 1 is 0.793 bits per heavy atom. The van der Waals surface area contributed by atoms with E-state index in [1.165, 1.54) is 36.0 Å². The number of ether oxygens (including phenoxy) is 1. The maximum Gasteiger partial charge on any atom is 0.230 e. The van der Waals surface area contributed by atoms with E-state index in [0.717, 1.165) is 16.7 Å². The predicted molar refractivity (Wildman–Crippen MR) is 112 cm³/mol. The van der Waals surface area contributed by atoms with Gasteiger partial charge in [0.2, 0.25) is 5.91 Å². The van der Waals surface area contributed by atoms with Gasteiger partial charge in [0, 0.05) is 12.3 Å². The van der Waals surface area contributed by atoms with Gasteiger partial charge in [0.15, 0.2) is 0 Å². The third-order valence-corrected chi connectivity index (χ3v) is 5.15. The summed E-state index contributed by atoms with van der Waals surface area (Å²) in [6.45, 7) is 0.801. The molecule has 1 N–H and O–H groups in total. The largest absolute Gasteiger partial charge is 0.489 e. The lowest BCUT2D eigenvalue weighted by Gasteiger charge is -2.09. The van der Waals surface area contributed by atoms with Gasteiger partial charge in [0.1, 0.15) is 24.0 Å². The molecule has 0 fully saturated rings. The van der Waals surface area contributed by atoms with Crippen molar-refractivity contribution in [2.75, 3.05) is 5.75 Å². The van der Waals surface area contributed by atoms with Crippen molar-refractivity contribution in [3.05, 3.63) is 101 Å².